The predicted molar refractivity (Wildman–Crippen MR) is 73.9 cm³/mol. The van der Waals surface area contributed by atoms with E-state index in [1.165, 1.54) is 16.7 Å². The Morgan fingerprint density at radius 3 is 2.18 bits per heavy atom. The Bertz CT molecular complexity index is 389. The lowest BCUT2D eigenvalue weighted by Gasteiger charge is -2.32. The molecule has 0 saturated heterocycles. The van der Waals surface area contributed by atoms with Gasteiger partial charge in [-0.3, -0.25) is 19.7 Å². The summed E-state index contributed by atoms with van der Waals surface area (Å²) in [7, 11) is 0. The summed E-state index contributed by atoms with van der Waals surface area (Å²) in [6.07, 6.45) is 0. The fraction of sp³-hybridized carbons (Fsp3) is 0.667. The topological polar surface area (TPSA) is 140 Å². The molecule has 0 bridgehead atoms. The highest BCUT2D eigenvalue weighted by Gasteiger charge is 2.25. The fourth-order valence-corrected chi connectivity index (χ4v) is 1.82. The molecule has 10 heteroatoms. The molecule has 2 unspecified atom stereocenters. The predicted octanol–water partition coefficient (Wildman–Crippen LogP) is -0.0130. The molecule has 0 heterocycles. The van der Waals surface area contributed by atoms with Crippen molar-refractivity contribution >= 4 is 11.9 Å². The number of carboxylic acids is 2. The van der Waals surface area contributed by atoms with Crippen molar-refractivity contribution in [1.82, 2.24) is 9.80 Å². The maximum absolute atomic E-state index is 11.0. The first-order valence-electron chi connectivity index (χ1n) is 6.46. The molecule has 2 atom stereocenters. The normalized spacial score (nSPS) is 13.5. The highest BCUT2D eigenvalue weighted by atomic mass is 17.1. The minimum absolute atomic E-state index is 0.0535. The maximum Gasteiger partial charge on any atom is 0.320 e. The molecule has 0 saturated carbocycles. The molecule has 0 fully saturated rings. The van der Waals surface area contributed by atoms with Crippen molar-refractivity contribution < 1.29 is 40.1 Å². The Morgan fingerprint density at radius 2 is 1.77 bits per heavy atom. The van der Waals surface area contributed by atoms with Crippen molar-refractivity contribution in [3.8, 4) is 0 Å². The van der Waals surface area contributed by atoms with Crippen LogP contribution in [-0.2, 0) is 19.4 Å². The van der Waals surface area contributed by atoms with E-state index in [1.807, 2.05) is 0 Å². The lowest BCUT2D eigenvalue weighted by atomic mass is 10.2. The van der Waals surface area contributed by atoms with E-state index in [0.29, 0.717) is 0 Å². The van der Waals surface area contributed by atoms with Gasteiger partial charge in [0.05, 0.1) is 12.6 Å². The van der Waals surface area contributed by atoms with Crippen LogP contribution in [0.25, 0.3) is 0 Å². The molecule has 0 radical (unpaired) electrons. The van der Waals surface area contributed by atoms with Crippen LogP contribution in [0.4, 0.5) is 0 Å². The Hall–Kier alpha value is -1.88. The Labute approximate surface area is 127 Å². The van der Waals surface area contributed by atoms with Crippen molar-refractivity contribution in [2.45, 2.75) is 25.9 Å². The van der Waals surface area contributed by atoms with Crippen molar-refractivity contribution in [3.05, 3.63) is 12.5 Å². The molecule has 22 heavy (non-hydrogen) atoms. The lowest BCUT2D eigenvalue weighted by Crippen LogP contribution is -2.47. The number of rotatable bonds is 12. The number of hydrogen-bond acceptors (Lipinski definition) is 8. The third-order valence-corrected chi connectivity index (χ3v) is 3.15. The van der Waals surface area contributed by atoms with Crippen LogP contribution >= 0.6 is 0 Å². The number of nitrogens with zero attached hydrogens (tertiary/aromatic N) is 2. The molecule has 0 rings (SSSR count). The highest BCUT2D eigenvalue weighted by Crippen LogP contribution is 2.10. The second-order valence-corrected chi connectivity index (χ2v) is 4.70. The Balaban J connectivity index is 4.90. The van der Waals surface area contributed by atoms with Crippen molar-refractivity contribution in [2.24, 2.45) is 0 Å². The van der Waals surface area contributed by atoms with Gasteiger partial charge in [0.25, 0.3) is 0 Å². The molecule has 0 aromatic carbocycles. The van der Waals surface area contributed by atoms with Gasteiger partial charge in [-0.15, -0.1) is 0 Å². The zero-order valence-corrected chi connectivity index (χ0v) is 12.5. The third-order valence-electron chi connectivity index (χ3n) is 3.15. The lowest BCUT2D eigenvalue weighted by molar-refractivity contribution is -0.260. The van der Waals surface area contributed by atoms with E-state index in [-0.39, 0.29) is 25.6 Å². The summed E-state index contributed by atoms with van der Waals surface area (Å²) in [5.41, 5.74) is 0. The Kier molecular flexibility index (Phi) is 9.10. The molecule has 0 amide bonds. The van der Waals surface area contributed by atoms with Gasteiger partial charge in [0.2, 0.25) is 5.88 Å². The first-order chi connectivity index (χ1) is 10.2. The van der Waals surface area contributed by atoms with Gasteiger partial charge in [-0.05, 0) is 20.4 Å². The molecular formula is C12H22N2O8. The second-order valence-electron chi connectivity index (χ2n) is 4.70. The van der Waals surface area contributed by atoms with Crippen LogP contribution in [0.15, 0.2) is 12.5 Å². The van der Waals surface area contributed by atoms with Crippen molar-refractivity contribution in [3.63, 3.8) is 0 Å². The van der Waals surface area contributed by atoms with Crippen LogP contribution in [0.5, 0.6) is 0 Å². The molecule has 4 N–H and O–H groups in total. The number of hydrogen-bond donors (Lipinski definition) is 4. The summed E-state index contributed by atoms with van der Waals surface area (Å²) in [5, 5.41) is 35.0. The first-order valence-corrected chi connectivity index (χ1v) is 6.46. The zero-order valence-electron chi connectivity index (χ0n) is 12.5. The van der Waals surface area contributed by atoms with Gasteiger partial charge in [0.1, 0.15) is 12.6 Å². The molecule has 10 nitrogen and oxygen atoms in total. The standard InChI is InChI=1S/C12H22N2O8/c1-8(7-21-19)14(10(3)22-20)5-4-13(6-11(15)16)9(2)12(17)18/h8-9,19-20H,3-7H2,1-2H3,(H,15,16)(H,17,18). The SMILES string of the molecule is C=C(OO)N(CCN(CC(=O)O)C(C)C(=O)O)C(C)COO. The molecule has 0 aliphatic heterocycles. The molecule has 0 aromatic rings. The van der Waals surface area contributed by atoms with Crippen molar-refractivity contribution in [1.29, 1.82) is 0 Å². The van der Waals surface area contributed by atoms with Gasteiger partial charge < -0.3 is 20.0 Å². The van der Waals surface area contributed by atoms with Gasteiger partial charge in [-0.25, -0.2) is 10.1 Å². The average Bonchev–Trinajstić information content (AvgIpc) is 2.44. The van der Waals surface area contributed by atoms with Gasteiger partial charge in [-0.1, -0.05) is 0 Å². The van der Waals surface area contributed by atoms with Gasteiger partial charge >= 0.3 is 11.9 Å². The summed E-state index contributed by atoms with van der Waals surface area (Å²) >= 11 is 0. The van der Waals surface area contributed by atoms with Gasteiger partial charge in [0.15, 0.2) is 0 Å². The minimum atomic E-state index is -1.16. The van der Waals surface area contributed by atoms with Crippen LogP contribution in [0.1, 0.15) is 13.8 Å². The van der Waals surface area contributed by atoms with E-state index in [0.717, 1.165) is 0 Å². The monoisotopic (exact) mass is 322 g/mol. The maximum atomic E-state index is 11.0. The molecule has 0 aromatic heterocycles. The van der Waals surface area contributed by atoms with E-state index in [9.17, 15) is 9.59 Å². The fourth-order valence-electron chi connectivity index (χ4n) is 1.82. The summed E-state index contributed by atoms with van der Waals surface area (Å²) in [4.78, 5) is 32.5. The molecule has 128 valence electrons. The van der Waals surface area contributed by atoms with Crippen LogP contribution < -0.4 is 0 Å². The summed E-state index contributed by atoms with van der Waals surface area (Å²) < 4.78 is 0. The van der Waals surface area contributed by atoms with Crippen LogP contribution in [0, 0.1) is 0 Å². The average molecular weight is 322 g/mol. The third kappa shape index (κ3) is 6.72. The van der Waals surface area contributed by atoms with Crippen LogP contribution in [0.3, 0.4) is 0 Å². The molecule has 0 spiro atoms. The Morgan fingerprint density at radius 1 is 1.18 bits per heavy atom. The van der Waals surface area contributed by atoms with Gasteiger partial charge in [-0.2, -0.15) is 0 Å². The number of aliphatic carboxylic acids is 2. The minimum Gasteiger partial charge on any atom is -0.480 e. The quantitative estimate of drug-likeness (QED) is 0.220. The van der Waals surface area contributed by atoms with E-state index in [2.05, 4.69) is 16.4 Å². The highest BCUT2D eigenvalue weighted by molar-refractivity contribution is 5.75. The van der Waals surface area contributed by atoms with E-state index < -0.39 is 30.6 Å². The molecule has 0 aliphatic carbocycles. The van der Waals surface area contributed by atoms with E-state index in [1.54, 1.807) is 6.92 Å². The molecular weight excluding hydrogens is 300 g/mol. The summed E-state index contributed by atoms with van der Waals surface area (Å²) in [6, 6.07) is -1.46. The van der Waals surface area contributed by atoms with Crippen LogP contribution in [-0.4, -0.2) is 80.8 Å². The van der Waals surface area contributed by atoms with E-state index >= 15 is 0 Å². The summed E-state index contributed by atoms with van der Waals surface area (Å²) in [5.74, 6) is -2.46. The number of carboxylic acid groups (broad SMARTS) is 2. The van der Waals surface area contributed by atoms with Crippen LogP contribution in [0.2, 0.25) is 0 Å². The smallest absolute Gasteiger partial charge is 0.320 e. The largest absolute Gasteiger partial charge is 0.480 e. The van der Waals surface area contributed by atoms with E-state index in [4.69, 9.17) is 20.7 Å². The van der Waals surface area contributed by atoms with Gasteiger partial charge in [0, 0.05) is 13.1 Å². The zero-order chi connectivity index (χ0) is 17.3. The second kappa shape index (κ2) is 9.95. The number of carbonyl (C=O) groups is 2. The van der Waals surface area contributed by atoms with Crippen molar-refractivity contribution in [2.75, 3.05) is 26.2 Å². The molecule has 0 aliphatic rings. The summed E-state index contributed by atoms with van der Waals surface area (Å²) in [6.45, 7) is 6.06. The first kappa shape index (κ1) is 20.1.